The molecular weight excluding hydrogens is 863 g/mol. The van der Waals surface area contributed by atoms with E-state index in [1.807, 2.05) is 78.9 Å². The van der Waals surface area contributed by atoms with E-state index in [0.29, 0.717) is 50.9 Å². The van der Waals surface area contributed by atoms with Gasteiger partial charge in [0.05, 0.1) is 16.8 Å². The van der Waals surface area contributed by atoms with Crippen LogP contribution < -0.4 is 19.1 Å². The number of carbonyl (C=O) groups excluding carboxylic acids is 2. The third-order valence-corrected chi connectivity index (χ3v) is 14.1. The Morgan fingerprint density at radius 1 is 0.386 bits per heavy atom. The molecule has 1 aliphatic heterocycles. The Labute approximate surface area is 412 Å². The summed E-state index contributed by atoms with van der Waals surface area (Å²) in [6.45, 7) is 28.2. The minimum atomic E-state index is -0.394. The zero-order valence-electron chi connectivity index (χ0n) is 42.8. The standard InChI is InChI=1S/C64H63NO5/c1-36(2)44-16-14-17-45(37(3)4)59(44)65-60(66)49-34-52(69-42-28-22-39(23-29-42)63(8,9)10)56-47-19-15-18-46-51(68-41-26-20-38(21-27-41)62(5,6)7)33-32-48(54(46)47)57-53(35-50(61(65)67)55(49)58(56)57)70-43-30-24-40(25-31-43)64(11,12)13/h14-37H,1-13H3. The van der Waals surface area contributed by atoms with Crippen LogP contribution in [0.5, 0.6) is 34.5 Å². The highest BCUT2D eigenvalue weighted by Gasteiger charge is 2.40. The van der Waals surface area contributed by atoms with E-state index in [4.69, 9.17) is 14.2 Å². The molecule has 9 aromatic carbocycles. The zero-order valence-corrected chi connectivity index (χ0v) is 42.8. The van der Waals surface area contributed by atoms with E-state index in [9.17, 15) is 0 Å². The second kappa shape index (κ2) is 16.8. The van der Waals surface area contributed by atoms with Crippen molar-refractivity contribution in [3.63, 3.8) is 0 Å². The van der Waals surface area contributed by atoms with Crippen molar-refractivity contribution in [2.24, 2.45) is 0 Å². The number of imide groups is 1. The maximum Gasteiger partial charge on any atom is 0.266 e. The molecule has 0 bridgehead atoms. The largest absolute Gasteiger partial charge is 0.457 e. The van der Waals surface area contributed by atoms with Gasteiger partial charge in [-0.3, -0.25) is 9.59 Å². The van der Waals surface area contributed by atoms with Gasteiger partial charge in [0.1, 0.15) is 34.5 Å². The highest BCUT2D eigenvalue weighted by atomic mass is 16.5. The van der Waals surface area contributed by atoms with E-state index < -0.39 is 11.8 Å². The lowest BCUT2D eigenvalue weighted by Crippen LogP contribution is -2.42. The monoisotopic (exact) mass is 925 g/mol. The summed E-state index contributed by atoms with van der Waals surface area (Å²) in [5.41, 5.74) is 6.70. The lowest BCUT2D eigenvalue weighted by molar-refractivity contribution is 0.0892. The number of benzene rings is 9. The van der Waals surface area contributed by atoms with Crippen LogP contribution in [0, 0.1) is 0 Å². The van der Waals surface area contributed by atoms with Gasteiger partial charge in [0.25, 0.3) is 11.8 Å². The topological polar surface area (TPSA) is 65.1 Å². The van der Waals surface area contributed by atoms with Gasteiger partial charge in [0.15, 0.2) is 0 Å². The summed E-state index contributed by atoms with van der Waals surface area (Å²) in [5.74, 6) is 2.95. The van der Waals surface area contributed by atoms with Gasteiger partial charge in [-0.2, -0.15) is 0 Å². The first-order valence-corrected chi connectivity index (χ1v) is 24.7. The van der Waals surface area contributed by atoms with Crippen molar-refractivity contribution in [2.75, 3.05) is 4.90 Å². The maximum atomic E-state index is 15.7. The molecule has 0 spiro atoms. The molecule has 6 heteroatoms. The van der Waals surface area contributed by atoms with Gasteiger partial charge in [-0.1, -0.05) is 163 Å². The van der Waals surface area contributed by atoms with Crippen LogP contribution in [0.4, 0.5) is 5.69 Å². The van der Waals surface area contributed by atoms with Gasteiger partial charge < -0.3 is 14.2 Å². The predicted octanol–water partition coefficient (Wildman–Crippen LogP) is 18.1. The fourth-order valence-corrected chi connectivity index (χ4v) is 10.3. The fourth-order valence-electron chi connectivity index (χ4n) is 10.3. The predicted molar refractivity (Wildman–Crippen MR) is 289 cm³/mol. The van der Waals surface area contributed by atoms with Crippen molar-refractivity contribution < 1.29 is 23.8 Å². The van der Waals surface area contributed by atoms with Crippen molar-refractivity contribution >= 4 is 60.6 Å². The summed E-state index contributed by atoms with van der Waals surface area (Å²) in [5, 5.41) is 6.50. The Kier molecular flexibility index (Phi) is 11.1. The van der Waals surface area contributed by atoms with Gasteiger partial charge in [0.2, 0.25) is 0 Å². The molecule has 0 radical (unpaired) electrons. The van der Waals surface area contributed by atoms with Crippen LogP contribution in [-0.2, 0) is 16.2 Å². The number of fused-ring (bicyclic) bond motifs is 2. The second-order valence-corrected chi connectivity index (χ2v) is 22.9. The van der Waals surface area contributed by atoms with Crippen LogP contribution >= 0.6 is 0 Å². The first kappa shape index (κ1) is 46.5. The summed E-state index contributed by atoms with van der Waals surface area (Å²) in [4.78, 5) is 32.8. The molecule has 0 aliphatic carbocycles. The lowest BCUT2D eigenvalue weighted by atomic mass is 9.83. The lowest BCUT2D eigenvalue weighted by Gasteiger charge is -2.33. The smallest absolute Gasteiger partial charge is 0.266 e. The summed E-state index contributed by atoms with van der Waals surface area (Å²) < 4.78 is 21.0. The number of hydrogen-bond donors (Lipinski definition) is 0. The highest BCUT2D eigenvalue weighted by Crippen LogP contribution is 2.54. The molecule has 354 valence electrons. The van der Waals surface area contributed by atoms with Gasteiger partial charge >= 0.3 is 0 Å². The maximum absolute atomic E-state index is 15.7. The summed E-state index contributed by atoms with van der Waals surface area (Å²) in [7, 11) is 0. The number of hydrogen-bond acceptors (Lipinski definition) is 5. The van der Waals surface area contributed by atoms with Crippen LogP contribution in [-0.4, -0.2) is 11.8 Å². The first-order valence-electron chi connectivity index (χ1n) is 24.7. The third-order valence-electron chi connectivity index (χ3n) is 14.1. The Balaban J connectivity index is 1.30. The molecule has 0 unspecified atom stereocenters. The molecule has 0 fully saturated rings. The summed E-state index contributed by atoms with van der Waals surface area (Å²) in [6.07, 6.45) is 0. The van der Waals surface area contributed by atoms with E-state index in [1.165, 1.54) is 21.6 Å². The molecule has 2 amide bonds. The minimum Gasteiger partial charge on any atom is -0.457 e. The number of nitrogens with zero attached hydrogens (tertiary/aromatic N) is 1. The minimum absolute atomic E-state index is 0.000678. The van der Waals surface area contributed by atoms with E-state index in [1.54, 1.807) is 0 Å². The quantitative estimate of drug-likeness (QED) is 0.0820. The Morgan fingerprint density at radius 3 is 1.16 bits per heavy atom. The SMILES string of the molecule is CC(C)c1cccc(C(C)C)c1N1C(=O)c2cc(Oc3ccc(C(C)(C)C)cc3)c3c4cccc5c(Oc6ccc(C(C)(C)C)cc6)ccc(c6c(Oc7ccc(C(C)(C)C)cc7)cc(c2c36)C1=O)c54. The Bertz CT molecular complexity index is 3360. The molecule has 9 aromatic rings. The van der Waals surface area contributed by atoms with Crippen molar-refractivity contribution in [3.05, 3.63) is 172 Å². The molecule has 10 rings (SSSR count). The number of amides is 2. The molecule has 0 atom stereocenters. The van der Waals surface area contributed by atoms with Crippen molar-refractivity contribution in [1.29, 1.82) is 0 Å². The molecule has 1 aliphatic rings. The number of anilines is 1. The molecule has 0 aromatic heterocycles. The van der Waals surface area contributed by atoms with Crippen LogP contribution in [0.3, 0.4) is 0 Å². The molecule has 0 saturated carbocycles. The van der Waals surface area contributed by atoms with Gasteiger partial charge in [-0.25, -0.2) is 4.90 Å². The molecule has 1 heterocycles. The van der Waals surface area contributed by atoms with Crippen molar-refractivity contribution in [2.45, 2.75) is 118 Å². The average molecular weight is 926 g/mol. The fraction of sp³-hybridized carbons (Fsp3) is 0.281. The van der Waals surface area contributed by atoms with Crippen molar-refractivity contribution in [3.8, 4) is 34.5 Å². The number of carbonyl (C=O) groups is 2. The molecular formula is C64H63NO5. The van der Waals surface area contributed by atoms with Gasteiger partial charge in [-0.15, -0.1) is 0 Å². The molecule has 70 heavy (non-hydrogen) atoms. The first-order chi connectivity index (χ1) is 33.1. The normalized spacial score (nSPS) is 13.5. The zero-order chi connectivity index (χ0) is 49.8. The van der Waals surface area contributed by atoms with E-state index in [0.717, 1.165) is 54.6 Å². The van der Waals surface area contributed by atoms with E-state index in [2.05, 4.69) is 145 Å². The number of para-hydroxylation sites is 1. The molecule has 6 nitrogen and oxygen atoms in total. The van der Waals surface area contributed by atoms with E-state index in [-0.39, 0.29) is 28.1 Å². The third kappa shape index (κ3) is 7.92. The molecule has 0 N–H and O–H groups in total. The Hall–Kier alpha value is -7.18. The number of ether oxygens (including phenoxy) is 3. The summed E-state index contributed by atoms with van der Waals surface area (Å²) >= 11 is 0. The van der Waals surface area contributed by atoms with Crippen LogP contribution in [0.2, 0.25) is 0 Å². The average Bonchev–Trinajstić information content (AvgIpc) is 3.30. The van der Waals surface area contributed by atoms with Gasteiger partial charge in [0, 0.05) is 32.3 Å². The van der Waals surface area contributed by atoms with Gasteiger partial charge in [-0.05, 0) is 127 Å². The second-order valence-electron chi connectivity index (χ2n) is 22.9. The van der Waals surface area contributed by atoms with Crippen molar-refractivity contribution in [1.82, 2.24) is 0 Å². The Morgan fingerprint density at radius 2 is 0.757 bits per heavy atom. The summed E-state index contributed by atoms with van der Waals surface area (Å²) in [6, 6.07) is 44.9. The van der Waals surface area contributed by atoms with Crippen LogP contribution in [0.25, 0.3) is 43.1 Å². The van der Waals surface area contributed by atoms with E-state index >= 15 is 9.59 Å². The van der Waals surface area contributed by atoms with Crippen LogP contribution in [0.15, 0.2) is 133 Å². The number of rotatable bonds is 9. The molecule has 0 saturated heterocycles. The highest BCUT2D eigenvalue weighted by molar-refractivity contribution is 6.44. The van der Waals surface area contributed by atoms with Crippen LogP contribution in [0.1, 0.15) is 150 Å².